The van der Waals surface area contributed by atoms with E-state index >= 15 is 0 Å². The minimum absolute atomic E-state index is 0.214. The standard InChI is InChI=1S/C15H23N3O2/c16-11-12-4-3-5-13(10-12)18-15(19)17-8-9-20-14-6-1-2-7-14/h3-5,10,14H,1-2,6-9,11,16H2,(H2,17,18,19). The molecule has 5 heteroatoms. The molecule has 1 fully saturated rings. The number of hydrogen-bond donors (Lipinski definition) is 3. The van der Waals surface area contributed by atoms with Gasteiger partial charge in [0.15, 0.2) is 0 Å². The lowest BCUT2D eigenvalue weighted by molar-refractivity contribution is 0.0615. The van der Waals surface area contributed by atoms with Gasteiger partial charge < -0.3 is 21.1 Å². The average Bonchev–Trinajstić information content (AvgIpc) is 2.97. The number of urea groups is 1. The fraction of sp³-hybridized carbons (Fsp3) is 0.533. The Morgan fingerprint density at radius 2 is 2.15 bits per heavy atom. The molecule has 2 amide bonds. The van der Waals surface area contributed by atoms with E-state index in [1.807, 2.05) is 24.3 Å². The minimum atomic E-state index is -0.214. The number of rotatable bonds is 6. The van der Waals surface area contributed by atoms with E-state index in [2.05, 4.69) is 10.6 Å². The molecule has 1 aliphatic carbocycles. The molecule has 0 bridgehead atoms. The van der Waals surface area contributed by atoms with Crippen molar-refractivity contribution in [2.75, 3.05) is 18.5 Å². The van der Waals surface area contributed by atoms with Gasteiger partial charge in [0.1, 0.15) is 0 Å². The molecule has 1 aliphatic rings. The highest BCUT2D eigenvalue weighted by molar-refractivity contribution is 5.89. The first-order valence-electron chi connectivity index (χ1n) is 7.23. The van der Waals surface area contributed by atoms with Crippen LogP contribution in [0.1, 0.15) is 31.2 Å². The Bertz CT molecular complexity index is 431. The van der Waals surface area contributed by atoms with E-state index in [1.54, 1.807) is 0 Å². The largest absolute Gasteiger partial charge is 0.376 e. The van der Waals surface area contributed by atoms with Gasteiger partial charge in [-0.3, -0.25) is 0 Å². The first kappa shape index (κ1) is 14.8. The van der Waals surface area contributed by atoms with Crippen LogP contribution in [0.25, 0.3) is 0 Å². The third-order valence-corrected chi connectivity index (χ3v) is 3.46. The van der Waals surface area contributed by atoms with Crippen molar-refractivity contribution in [2.45, 2.75) is 38.3 Å². The Morgan fingerprint density at radius 1 is 1.35 bits per heavy atom. The van der Waals surface area contributed by atoms with Crippen LogP contribution in [0.2, 0.25) is 0 Å². The van der Waals surface area contributed by atoms with Gasteiger partial charge in [0.25, 0.3) is 0 Å². The summed E-state index contributed by atoms with van der Waals surface area (Å²) >= 11 is 0. The third-order valence-electron chi connectivity index (χ3n) is 3.46. The molecule has 0 heterocycles. The maximum atomic E-state index is 11.7. The Morgan fingerprint density at radius 3 is 2.90 bits per heavy atom. The predicted molar refractivity (Wildman–Crippen MR) is 79.6 cm³/mol. The normalized spacial score (nSPS) is 15.2. The molecule has 20 heavy (non-hydrogen) atoms. The molecule has 0 atom stereocenters. The zero-order valence-corrected chi connectivity index (χ0v) is 11.7. The highest BCUT2D eigenvalue weighted by Crippen LogP contribution is 2.20. The zero-order valence-electron chi connectivity index (χ0n) is 11.7. The van der Waals surface area contributed by atoms with Crippen LogP contribution in [-0.2, 0) is 11.3 Å². The molecule has 0 aliphatic heterocycles. The van der Waals surface area contributed by atoms with Crippen LogP contribution in [-0.4, -0.2) is 25.3 Å². The summed E-state index contributed by atoms with van der Waals surface area (Å²) in [4.78, 5) is 11.7. The number of hydrogen-bond acceptors (Lipinski definition) is 3. The molecular weight excluding hydrogens is 254 g/mol. The van der Waals surface area contributed by atoms with Crippen LogP contribution in [0.4, 0.5) is 10.5 Å². The monoisotopic (exact) mass is 277 g/mol. The Hall–Kier alpha value is -1.59. The minimum Gasteiger partial charge on any atom is -0.376 e. The van der Waals surface area contributed by atoms with Crippen LogP contribution in [0, 0.1) is 0 Å². The topological polar surface area (TPSA) is 76.4 Å². The van der Waals surface area contributed by atoms with E-state index in [0.29, 0.717) is 25.8 Å². The Balaban J connectivity index is 1.64. The predicted octanol–water partition coefficient (Wildman–Crippen LogP) is 2.23. The highest BCUT2D eigenvalue weighted by atomic mass is 16.5. The molecule has 0 radical (unpaired) electrons. The van der Waals surface area contributed by atoms with Crippen LogP contribution >= 0.6 is 0 Å². The van der Waals surface area contributed by atoms with Gasteiger partial charge >= 0.3 is 6.03 Å². The Kier molecular flexibility index (Phi) is 5.83. The lowest BCUT2D eigenvalue weighted by Gasteiger charge is -2.12. The molecule has 0 aromatic heterocycles. The summed E-state index contributed by atoms with van der Waals surface area (Å²) in [6.07, 6.45) is 5.21. The van der Waals surface area contributed by atoms with Crippen molar-refractivity contribution in [3.63, 3.8) is 0 Å². The molecular formula is C15H23N3O2. The van der Waals surface area contributed by atoms with E-state index in [0.717, 1.165) is 24.1 Å². The molecule has 0 saturated heterocycles. The molecule has 0 unspecified atom stereocenters. The van der Waals surface area contributed by atoms with Gasteiger partial charge in [0, 0.05) is 18.8 Å². The van der Waals surface area contributed by atoms with E-state index < -0.39 is 0 Å². The first-order valence-corrected chi connectivity index (χ1v) is 7.23. The second-order valence-electron chi connectivity index (χ2n) is 5.06. The number of carbonyl (C=O) groups excluding carboxylic acids is 1. The van der Waals surface area contributed by atoms with Gasteiger partial charge in [-0.25, -0.2) is 4.79 Å². The van der Waals surface area contributed by atoms with Crippen LogP contribution in [0.5, 0.6) is 0 Å². The van der Waals surface area contributed by atoms with E-state index in [-0.39, 0.29) is 6.03 Å². The maximum absolute atomic E-state index is 11.7. The van der Waals surface area contributed by atoms with Crippen LogP contribution in [0.15, 0.2) is 24.3 Å². The molecule has 1 aromatic rings. The van der Waals surface area contributed by atoms with Crippen molar-refractivity contribution in [2.24, 2.45) is 5.73 Å². The summed E-state index contributed by atoms with van der Waals surface area (Å²) < 4.78 is 5.68. The van der Waals surface area contributed by atoms with Crippen molar-refractivity contribution in [3.05, 3.63) is 29.8 Å². The van der Waals surface area contributed by atoms with Gasteiger partial charge in [-0.1, -0.05) is 25.0 Å². The third kappa shape index (κ3) is 4.83. The molecule has 0 spiro atoms. The van der Waals surface area contributed by atoms with E-state index in [4.69, 9.17) is 10.5 Å². The number of anilines is 1. The quantitative estimate of drug-likeness (QED) is 0.698. The first-order chi connectivity index (χ1) is 9.78. The summed E-state index contributed by atoms with van der Waals surface area (Å²) in [6, 6.07) is 7.30. The molecule has 5 nitrogen and oxygen atoms in total. The van der Waals surface area contributed by atoms with Crippen molar-refractivity contribution < 1.29 is 9.53 Å². The lowest BCUT2D eigenvalue weighted by Crippen LogP contribution is -2.32. The summed E-state index contributed by atoms with van der Waals surface area (Å²) in [7, 11) is 0. The molecule has 4 N–H and O–H groups in total. The van der Waals surface area contributed by atoms with Crippen molar-refractivity contribution in [1.82, 2.24) is 5.32 Å². The van der Waals surface area contributed by atoms with E-state index in [1.165, 1.54) is 12.8 Å². The fourth-order valence-corrected chi connectivity index (χ4v) is 2.40. The summed E-state index contributed by atoms with van der Waals surface area (Å²) in [6.45, 7) is 1.56. The number of benzene rings is 1. The Labute approximate surface area is 119 Å². The second kappa shape index (κ2) is 7.87. The molecule has 110 valence electrons. The smallest absolute Gasteiger partial charge is 0.319 e. The summed E-state index contributed by atoms with van der Waals surface area (Å²) in [5.74, 6) is 0. The highest BCUT2D eigenvalue weighted by Gasteiger charge is 2.14. The summed E-state index contributed by atoms with van der Waals surface area (Å²) in [5.41, 5.74) is 7.31. The van der Waals surface area contributed by atoms with Gasteiger partial charge in [0.05, 0.1) is 12.7 Å². The van der Waals surface area contributed by atoms with Gasteiger partial charge in [0.2, 0.25) is 0 Å². The second-order valence-corrected chi connectivity index (χ2v) is 5.06. The lowest BCUT2D eigenvalue weighted by atomic mass is 10.2. The molecule has 1 aromatic carbocycles. The van der Waals surface area contributed by atoms with Crippen molar-refractivity contribution in [3.8, 4) is 0 Å². The number of amides is 2. The molecule has 2 rings (SSSR count). The van der Waals surface area contributed by atoms with Gasteiger partial charge in [-0.2, -0.15) is 0 Å². The fourth-order valence-electron chi connectivity index (χ4n) is 2.40. The SMILES string of the molecule is NCc1cccc(NC(=O)NCCOC2CCCC2)c1. The van der Waals surface area contributed by atoms with Gasteiger partial charge in [-0.15, -0.1) is 0 Å². The zero-order chi connectivity index (χ0) is 14.2. The molecule has 1 saturated carbocycles. The van der Waals surface area contributed by atoms with Gasteiger partial charge in [-0.05, 0) is 30.5 Å². The van der Waals surface area contributed by atoms with Crippen molar-refractivity contribution >= 4 is 11.7 Å². The summed E-state index contributed by atoms with van der Waals surface area (Å²) in [5, 5.41) is 5.57. The maximum Gasteiger partial charge on any atom is 0.319 e. The van der Waals surface area contributed by atoms with Crippen LogP contribution < -0.4 is 16.4 Å². The number of carbonyl (C=O) groups is 1. The number of nitrogens with two attached hydrogens (primary N) is 1. The number of nitrogens with one attached hydrogen (secondary N) is 2. The van der Waals surface area contributed by atoms with Crippen molar-refractivity contribution in [1.29, 1.82) is 0 Å². The average molecular weight is 277 g/mol. The van der Waals surface area contributed by atoms with Crippen LogP contribution in [0.3, 0.4) is 0 Å². The van der Waals surface area contributed by atoms with E-state index in [9.17, 15) is 4.79 Å². The number of ether oxygens (including phenoxy) is 1.